The van der Waals surface area contributed by atoms with E-state index < -0.39 is 4.92 Å². The van der Waals surface area contributed by atoms with Gasteiger partial charge in [0.05, 0.1) is 11.5 Å². The summed E-state index contributed by atoms with van der Waals surface area (Å²) < 4.78 is 5.35. The van der Waals surface area contributed by atoms with Gasteiger partial charge in [0.15, 0.2) is 5.75 Å². The molecule has 0 heterocycles. The standard InChI is InChI=1S/C15H22N2O3/c1-2-20-15-10-13(8-9-14(15)17(18)19)16-11-12-6-4-3-5-7-12/h8-10,12,16H,2-7,11H2,1H3. The number of hydrogen-bond acceptors (Lipinski definition) is 4. The van der Waals surface area contributed by atoms with Gasteiger partial charge >= 0.3 is 5.69 Å². The van der Waals surface area contributed by atoms with E-state index in [0.29, 0.717) is 12.4 Å². The summed E-state index contributed by atoms with van der Waals surface area (Å²) in [5.41, 5.74) is 0.916. The molecule has 0 radical (unpaired) electrons. The first-order valence-corrected chi connectivity index (χ1v) is 7.35. The molecule has 0 aliphatic heterocycles. The number of nitrogens with one attached hydrogen (secondary N) is 1. The van der Waals surface area contributed by atoms with Gasteiger partial charge in [0.25, 0.3) is 0 Å². The van der Waals surface area contributed by atoms with Crippen molar-refractivity contribution in [3.8, 4) is 5.75 Å². The Morgan fingerprint density at radius 3 is 2.75 bits per heavy atom. The zero-order chi connectivity index (χ0) is 14.4. The van der Waals surface area contributed by atoms with Crippen LogP contribution in [0, 0.1) is 16.0 Å². The van der Waals surface area contributed by atoms with E-state index in [4.69, 9.17) is 4.74 Å². The van der Waals surface area contributed by atoms with Crippen molar-refractivity contribution in [3.63, 3.8) is 0 Å². The summed E-state index contributed by atoms with van der Waals surface area (Å²) >= 11 is 0. The number of nitrogens with zero attached hydrogens (tertiary/aromatic N) is 1. The van der Waals surface area contributed by atoms with Crippen molar-refractivity contribution < 1.29 is 9.66 Å². The number of nitro groups is 1. The molecule has 0 amide bonds. The molecule has 0 unspecified atom stereocenters. The third-order valence-corrected chi connectivity index (χ3v) is 3.78. The molecule has 1 fully saturated rings. The van der Waals surface area contributed by atoms with E-state index in [1.807, 2.05) is 6.92 Å². The lowest BCUT2D eigenvalue weighted by molar-refractivity contribution is -0.385. The van der Waals surface area contributed by atoms with Gasteiger partial charge in [-0.1, -0.05) is 19.3 Å². The average Bonchev–Trinajstić information content (AvgIpc) is 2.46. The van der Waals surface area contributed by atoms with E-state index in [0.717, 1.165) is 18.2 Å². The number of benzene rings is 1. The Kier molecular flexibility index (Phi) is 5.21. The summed E-state index contributed by atoms with van der Waals surface area (Å²) in [4.78, 5) is 10.5. The van der Waals surface area contributed by atoms with E-state index in [-0.39, 0.29) is 5.69 Å². The first-order valence-electron chi connectivity index (χ1n) is 7.35. The molecule has 0 spiro atoms. The lowest BCUT2D eigenvalue weighted by atomic mass is 9.89. The maximum atomic E-state index is 10.9. The molecule has 5 nitrogen and oxygen atoms in total. The lowest BCUT2D eigenvalue weighted by Crippen LogP contribution is -2.17. The minimum atomic E-state index is -0.407. The first kappa shape index (κ1) is 14.6. The Morgan fingerprint density at radius 1 is 1.35 bits per heavy atom. The zero-order valence-electron chi connectivity index (χ0n) is 11.9. The van der Waals surface area contributed by atoms with Gasteiger partial charge in [0, 0.05) is 24.4 Å². The van der Waals surface area contributed by atoms with Crippen molar-refractivity contribution in [2.75, 3.05) is 18.5 Å². The van der Waals surface area contributed by atoms with Crippen LogP contribution in [0.1, 0.15) is 39.0 Å². The van der Waals surface area contributed by atoms with Gasteiger partial charge in [-0.15, -0.1) is 0 Å². The Balaban J connectivity index is 2.00. The van der Waals surface area contributed by atoms with Crippen molar-refractivity contribution in [3.05, 3.63) is 28.3 Å². The van der Waals surface area contributed by atoms with Crippen LogP contribution in [0.3, 0.4) is 0 Å². The minimum absolute atomic E-state index is 0.0232. The van der Waals surface area contributed by atoms with Crippen LogP contribution in [-0.4, -0.2) is 18.1 Å². The van der Waals surface area contributed by atoms with Crippen LogP contribution in [0.4, 0.5) is 11.4 Å². The van der Waals surface area contributed by atoms with Crippen LogP contribution >= 0.6 is 0 Å². The number of anilines is 1. The zero-order valence-corrected chi connectivity index (χ0v) is 11.9. The highest BCUT2D eigenvalue weighted by atomic mass is 16.6. The molecule has 0 bridgehead atoms. The summed E-state index contributed by atoms with van der Waals surface area (Å²) in [5, 5.41) is 14.3. The fraction of sp³-hybridized carbons (Fsp3) is 0.600. The second-order valence-electron chi connectivity index (χ2n) is 5.26. The van der Waals surface area contributed by atoms with Gasteiger partial charge in [0.1, 0.15) is 0 Å². The van der Waals surface area contributed by atoms with Gasteiger partial charge in [-0.25, -0.2) is 0 Å². The van der Waals surface area contributed by atoms with E-state index in [1.54, 1.807) is 12.1 Å². The molecule has 2 rings (SSSR count). The Labute approximate surface area is 119 Å². The van der Waals surface area contributed by atoms with Crippen LogP contribution in [0.2, 0.25) is 0 Å². The molecule has 20 heavy (non-hydrogen) atoms. The molecule has 5 heteroatoms. The van der Waals surface area contributed by atoms with Crippen molar-refractivity contribution in [2.24, 2.45) is 5.92 Å². The van der Waals surface area contributed by atoms with E-state index in [1.165, 1.54) is 38.2 Å². The summed E-state index contributed by atoms with van der Waals surface area (Å²) in [5.74, 6) is 1.06. The van der Waals surface area contributed by atoms with Crippen LogP contribution in [0.25, 0.3) is 0 Å². The van der Waals surface area contributed by atoms with Gasteiger partial charge in [-0.2, -0.15) is 0 Å². The van der Waals surface area contributed by atoms with Crippen LogP contribution in [0.15, 0.2) is 18.2 Å². The molecule has 1 aliphatic rings. The summed E-state index contributed by atoms with van der Waals surface area (Å²) in [7, 11) is 0. The van der Waals surface area contributed by atoms with Gasteiger partial charge in [-0.05, 0) is 31.7 Å². The first-order chi connectivity index (χ1) is 9.70. The molecule has 0 saturated heterocycles. The Bertz CT molecular complexity index is 456. The summed E-state index contributed by atoms with van der Waals surface area (Å²) in [6.45, 7) is 3.18. The maximum Gasteiger partial charge on any atom is 0.311 e. The SMILES string of the molecule is CCOc1cc(NCC2CCCCC2)ccc1[N+](=O)[O-]. The predicted molar refractivity (Wildman–Crippen MR) is 79.3 cm³/mol. The molecule has 0 aromatic heterocycles. The monoisotopic (exact) mass is 278 g/mol. The second kappa shape index (κ2) is 7.12. The highest BCUT2D eigenvalue weighted by Gasteiger charge is 2.16. The second-order valence-corrected chi connectivity index (χ2v) is 5.26. The molecule has 1 aromatic rings. The van der Waals surface area contributed by atoms with Crippen LogP contribution in [0.5, 0.6) is 5.75 Å². The number of nitro benzene ring substituents is 1. The molecule has 1 aromatic carbocycles. The quantitative estimate of drug-likeness (QED) is 0.631. The molecule has 1 N–H and O–H groups in total. The van der Waals surface area contributed by atoms with Crippen molar-refractivity contribution in [1.82, 2.24) is 0 Å². The fourth-order valence-corrected chi connectivity index (χ4v) is 2.70. The van der Waals surface area contributed by atoms with Gasteiger partial charge in [-0.3, -0.25) is 10.1 Å². The highest BCUT2D eigenvalue weighted by Crippen LogP contribution is 2.31. The molecule has 1 saturated carbocycles. The lowest BCUT2D eigenvalue weighted by Gasteiger charge is -2.22. The van der Waals surface area contributed by atoms with E-state index in [9.17, 15) is 10.1 Å². The third-order valence-electron chi connectivity index (χ3n) is 3.78. The Hall–Kier alpha value is -1.78. The molecule has 110 valence electrons. The highest BCUT2D eigenvalue weighted by molar-refractivity contribution is 5.58. The molecule has 0 atom stereocenters. The van der Waals surface area contributed by atoms with E-state index >= 15 is 0 Å². The smallest absolute Gasteiger partial charge is 0.311 e. The van der Waals surface area contributed by atoms with Gasteiger partial charge in [0.2, 0.25) is 0 Å². The summed E-state index contributed by atoms with van der Waals surface area (Å²) in [6, 6.07) is 4.99. The maximum absolute atomic E-state index is 10.9. The number of rotatable bonds is 6. The van der Waals surface area contributed by atoms with Crippen molar-refractivity contribution >= 4 is 11.4 Å². The van der Waals surface area contributed by atoms with Gasteiger partial charge < -0.3 is 10.1 Å². The van der Waals surface area contributed by atoms with E-state index in [2.05, 4.69) is 5.32 Å². The topological polar surface area (TPSA) is 64.4 Å². The predicted octanol–water partition coefficient (Wildman–Crippen LogP) is 3.99. The number of hydrogen-bond donors (Lipinski definition) is 1. The summed E-state index contributed by atoms with van der Waals surface area (Å²) in [6.07, 6.45) is 6.53. The normalized spacial score (nSPS) is 15.8. The number of ether oxygens (including phenoxy) is 1. The third kappa shape index (κ3) is 3.85. The molecule has 1 aliphatic carbocycles. The Morgan fingerprint density at radius 2 is 2.10 bits per heavy atom. The van der Waals surface area contributed by atoms with Crippen LogP contribution < -0.4 is 10.1 Å². The van der Waals surface area contributed by atoms with Crippen molar-refractivity contribution in [1.29, 1.82) is 0 Å². The average molecular weight is 278 g/mol. The largest absolute Gasteiger partial charge is 0.487 e. The van der Waals surface area contributed by atoms with Crippen LogP contribution in [-0.2, 0) is 0 Å². The van der Waals surface area contributed by atoms with Crippen molar-refractivity contribution in [2.45, 2.75) is 39.0 Å². The fourth-order valence-electron chi connectivity index (χ4n) is 2.70. The molecular weight excluding hydrogens is 256 g/mol. The minimum Gasteiger partial charge on any atom is -0.487 e. The molecular formula is C15H22N2O3.